The average Bonchev–Trinajstić information content (AvgIpc) is 2.78. The molecule has 0 atom stereocenters. The average molecular weight is 389 g/mol. The van der Waals surface area contributed by atoms with E-state index in [0.717, 1.165) is 12.1 Å². The van der Waals surface area contributed by atoms with E-state index in [1.165, 1.54) is 13.0 Å². The Labute approximate surface area is 163 Å². The first-order valence-electron chi connectivity index (χ1n) is 8.88. The molecule has 3 rings (SSSR count). The molecule has 0 aliphatic carbocycles. The van der Waals surface area contributed by atoms with Crippen LogP contribution >= 0.6 is 0 Å². The zero-order valence-corrected chi connectivity index (χ0v) is 16.4. The Balaban J connectivity index is 2.01. The fourth-order valence-corrected chi connectivity index (χ4v) is 2.75. The molecule has 1 fully saturated rings. The van der Waals surface area contributed by atoms with Gasteiger partial charge < -0.3 is 19.4 Å². The number of rotatable bonds is 4. The number of hydrogen-bond acceptors (Lipinski definition) is 4. The van der Waals surface area contributed by atoms with Crippen molar-refractivity contribution in [1.82, 2.24) is 0 Å². The van der Waals surface area contributed by atoms with Gasteiger partial charge in [0.15, 0.2) is 11.6 Å². The summed E-state index contributed by atoms with van der Waals surface area (Å²) in [7, 11) is -0.794. The molecule has 0 unspecified atom stereocenters. The van der Waals surface area contributed by atoms with Crippen LogP contribution in [0.1, 0.15) is 34.6 Å². The second kappa shape index (κ2) is 7.18. The smallest absolute Gasteiger partial charge is 0.455 e. The van der Waals surface area contributed by atoms with Crippen LogP contribution in [0.25, 0.3) is 0 Å². The fraction of sp³-hybridized carbons (Fsp3) is 0.350. The van der Waals surface area contributed by atoms with Crippen LogP contribution in [0.5, 0.6) is 11.5 Å². The highest BCUT2D eigenvalue weighted by Crippen LogP contribution is 2.38. The molecule has 148 valence electrons. The molecule has 1 N–H and O–H groups in total. The lowest BCUT2D eigenvalue weighted by atomic mass is 9.78. The van der Waals surface area contributed by atoms with Crippen LogP contribution in [-0.2, 0) is 14.1 Å². The number of amides is 1. The van der Waals surface area contributed by atoms with Gasteiger partial charge in [0.25, 0.3) is 0 Å². The number of carbonyl (C=O) groups is 1. The van der Waals surface area contributed by atoms with Gasteiger partial charge in [-0.25, -0.2) is 8.78 Å². The van der Waals surface area contributed by atoms with Crippen LogP contribution in [0.2, 0.25) is 0 Å². The second-order valence-electron chi connectivity index (χ2n) is 7.70. The van der Waals surface area contributed by atoms with Crippen molar-refractivity contribution in [3.8, 4) is 11.5 Å². The number of ether oxygens (including phenoxy) is 1. The van der Waals surface area contributed by atoms with Gasteiger partial charge in [-0.1, -0.05) is 0 Å². The van der Waals surface area contributed by atoms with Crippen LogP contribution in [0.15, 0.2) is 36.4 Å². The minimum Gasteiger partial charge on any atom is -0.455 e. The monoisotopic (exact) mass is 389 g/mol. The molecule has 1 saturated heterocycles. The Bertz CT molecular complexity index is 901. The first kappa shape index (κ1) is 20.3. The van der Waals surface area contributed by atoms with Crippen molar-refractivity contribution in [2.24, 2.45) is 0 Å². The van der Waals surface area contributed by atoms with Gasteiger partial charge in [-0.3, -0.25) is 4.79 Å². The molecule has 1 amide bonds. The molecular formula is C20H22BF2NO4. The summed E-state index contributed by atoms with van der Waals surface area (Å²) < 4.78 is 45.1. The van der Waals surface area contributed by atoms with Crippen LogP contribution < -0.4 is 15.5 Å². The van der Waals surface area contributed by atoms with E-state index in [4.69, 9.17) is 14.0 Å². The molecule has 2 aromatic rings. The molecular weight excluding hydrogens is 367 g/mol. The van der Waals surface area contributed by atoms with Gasteiger partial charge in [0, 0.05) is 24.1 Å². The third kappa shape index (κ3) is 4.03. The SMILES string of the molecule is CC(=O)Nc1ccc(Oc2ccc(F)cc2F)c(B2OC(C)(C)C(C)(C)O2)c1. The summed E-state index contributed by atoms with van der Waals surface area (Å²) in [6, 6.07) is 7.91. The summed E-state index contributed by atoms with van der Waals surface area (Å²) in [6.07, 6.45) is 0. The van der Waals surface area contributed by atoms with Gasteiger partial charge in [-0.05, 0) is 58.0 Å². The Kier molecular flexibility index (Phi) is 5.21. The van der Waals surface area contributed by atoms with Crippen molar-refractivity contribution in [3.63, 3.8) is 0 Å². The van der Waals surface area contributed by atoms with Crippen molar-refractivity contribution in [2.45, 2.75) is 45.8 Å². The topological polar surface area (TPSA) is 56.8 Å². The highest BCUT2D eigenvalue weighted by atomic mass is 19.1. The number of carbonyl (C=O) groups excluding carboxylic acids is 1. The Morgan fingerprint density at radius 3 is 2.18 bits per heavy atom. The third-order valence-corrected chi connectivity index (χ3v) is 4.95. The largest absolute Gasteiger partial charge is 0.498 e. The minimum absolute atomic E-state index is 0.133. The summed E-state index contributed by atoms with van der Waals surface area (Å²) in [5, 5.41) is 2.69. The van der Waals surface area contributed by atoms with Crippen molar-refractivity contribution >= 4 is 24.2 Å². The highest BCUT2D eigenvalue weighted by Gasteiger charge is 2.52. The van der Waals surface area contributed by atoms with E-state index in [0.29, 0.717) is 11.2 Å². The molecule has 28 heavy (non-hydrogen) atoms. The molecule has 0 spiro atoms. The molecule has 1 aliphatic heterocycles. The lowest BCUT2D eigenvalue weighted by Crippen LogP contribution is -2.41. The quantitative estimate of drug-likeness (QED) is 0.803. The zero-order valence-electron chi connectivity index (χ0n) is 16.4. The maximum atomic E-state index is 14.1. The van der Waals surface area contributed by atoms with E-state index in [9.17, 15) is 13.6 Å². The molecule has 1 heterocycles. The summed E-state index contributed by atoms with van der Waals surface area (Å²) >= 11 is 0. The Morgan fingerprint density at radius 2 is 1.61 bits per heavy atom. The van der Waals surface area contributed by atoms with Crippen LogP contribution in [0.4, 0.5) is 14.5 Å². The minimum atomic E-state index is -0.828. The highest BCUT2D eigenvalue weighted by molar-refractivity contribution is 6.63. The van der Waals surface area contributed by atoms with Gasteiger partial charge in [0.05, 0.1) is 11.2 Å². The zero-order chi connectivity index (χ0) is 20.7. The summed E-state index contributed by atoms with van der Waals surface area (Å²) in [4.78, 5) is 11.4. The predicted molar refractivity (Wildman–Crippen MR) is 103 cm³/mol. The van der Waals surface area contributed by atoms with E-state index in [1.807, 2.05) is 27.7 Å². The summed E-state index contributed by atoms with van der Waals surface area (Å²) in [5.41, 5.74) is -0.196. The van der Waals surface area contributed by atoms with E-state index in [1.54, 1.807) is 18.2 Å². The molecule has 0 saturated carbocycles. The van der Waals surface area contributed by atoms with Gasteiger partial charge in [0.1, 0.15) is 11.6 Å². The lowest BCUT2D eigenvalue weighted by molar-refractivity contribution is -0.114. The van der Waals surface area contributed by atoms with Gasteiger partial charge in [-0.2, -0.15) is 0 Å². The van der Waals surface area contributed by atoms with E-state index in [2.05, 4.69) is 5.32 Å². The first-order chi connectivity index (χ1) is 13.0. The van der Waals surface area contributed by atoms with Gasteiger partial charge in [0.2, 0.25) is 5.91 Å². The maximum absolute atomic E-state index is 14.1. The molecule has 0 bridgehead atoms. The molecule has 0 radical (unpaired) electrons. The third-order valence-electron chi connectivity index (χ3n) is 4.95. The fourth-order valence-electron chi connectivity index (χ4n) is 2.75. The molecule has 1 aliphatic rings. The number of hydrogen-bond donors (Lipinski definition) is 1. The lowest BCUT2D eigenvalue weighted by Gasteiger charge is -2.32. The van der Waals surface area contributed by atoms with Crippen molar-refractivity contribution in [2.75, 3.05) is 5.32 Å². The number of nitrogens with one attached hydrogen (secondary N) is 1. The Hall–Kier alpha value is -2.45. The van der Waals surface area contributed by atoms with E-state index < -0.39 is 30.0 Å². The normalized spacial score (nSPS) is 17.5. The van der Waals surface area contributed by atoms with E-state index >= 15 is 0 Å². The van der Waals surface area contributed by atoms with Gasteiger partial charge in [-0.15, -0.1) is 0 Å². The van der Waals surface area contributed by atoms with Crippen LogP contribution in [0, 0.1) is 11.6 Å². The molecule has 5 nitrogen and oxygen atoms in total. The standard InChI is InChI=1S/C20H22BF2NO4/c1-12(25)24-14-7-9-17(26-18-8-6-13(22)10-16(18)23)15(11-14)21-27-19(2,3)20(4,5)28-21/h6-11H,1-5H3,(H,24,25). The summed E-state index contributed by atoms with van der Waals surface area (Å²) in [6.45, 7) is 9.03. The van der Waals surface area contributed by atoms with Crippen molar-refractivity contribution < 1.29 is 27.6 Å². The maximum Gasteiger partial charge on any atom is 0.498 e. The first-order valence-corrected chi connectivity index (χ1v) is 8.88. The van der Waals surface area contributed by atoms with E-state index in [-0.39, 0.29) is 17.4 Å². The number of halogens is 2. The second-order valence-corrected chi connectivity index (χ2v) is 7.70. The predicted octanol–water partition coefficient (Wildman–Crippen LogP) is 4.01. The van der Waals surface area contributed by atoms with Crippen LogP contribution in [0.3, 0.4) is 0 Å². The van der Waals surface area contributed by atoms with Gasteiger partial charge >= 0.3 is 7.12 Å². The summed E-state index contributed by atoms with van der Waals surface area (Å²) in [5.74, 6) is -1.62. The Morgan fingerprint density at radius 1 is 1.00 bits per heavy atom. The van der Waals surface area contributed by atoms with Crippen LogP contribution in [-0.4, -0.2) is 24.2 Å². The number of anilines is 1. The number of benzene rings is 2. The molecule has 8 heteroatoms. The molecule has 0 aromatic heterocycles. The molecule has 2 aromatic carbocycles. The van der Waals surface area contributed by atoms with Crippen molar-refractivity contribution in [1.29, 1.82) is 0 Å². The van der Waals surface area contributed by atoms with Crippen molar-refractivity contribution in [3.05, 3.63) is 48.0 Å².